The van der Waals surface area contributed by atoms with E-state index in [1.807, 2.05) is 19.1 Å². The van der Waals surface area contributed by atoms with Crippen molar-refractivity contribution in [3.05, 3.63) is 75.9 Å². The molecule has 2 aromatic carbocycles. The lowest BCUT2D eigenvalue weighted by atomic mass is 10.0. The minimum absolute atomic E-state index is 0.0375. The predicted molar refractivity (Wildman–Crippen MR) is 92.3 cm³/mol. The van der Waals surface area contributed by atoms with Gasteiger partial charge >= 0.3 is 0 Å². The number of rotatable bonds is 3. The number of aromatic nitrogens is 2. The van der Waals surface area contributed by atoms with E-state index >= 15 is 0 Å². The van der Waals surface area contributed by atoms with Crippen molar-refractivity contribution in [3.8, 4) is 11.8 Å². The summed E-state index contributed by atoms with van der Waals surface area (Å²) in [5.41, 5.74) is 8.16. The molecule has 0 aliphatic rings. The summed E-state index contributed by atoms with van der Waals surface area (Å²) in [4.78, 5) is 12.7. The number of nitrogens with zero attached hydrogens (tertiary/aromatic N) is 3. The lowest BCUT2D eigenvalue weighted by Crippen LogP contribution is -2.05. The lowest BCUT2D eigenvalue weighted by Gasteiger charge is -2.03. The Morgan fingerprint density at radius 2 is 1.96 bits per heavy atom. The zero-order valence-corrected chi connectivity index (χ0v) is 13.6. The molecule has 0 bridgehead atoms. The average molecular weight is 337 g/mol. The van der Waals surface area contributed by atoms with E-state index in [4.69, 9.17) is 17.3 Å². The maximum Gasteiger partial charge on any atom is 0.214 e. The maximum absolute atomic E-state index is 12.7. The van der Waals surface area contributed by atoms with E-state index < -0.39 is 0 Å². The third-order valence-electron chi connectivity index (χ3n) is 3.60. The first-order valence-electron chi connectivity index (χ1n) is 7.17. The molecule has 1 heterocycles. The van der Waals surface area contributed by atoms with Crippen molar-refractivity contribution in [2.75, 3.05) is 5.73 Å². The van der Waals surface area contributed by atoms with Gasteiger partial charge in [0, 0.05) is 10.6 Å². The summed E-state index contributed by atoms with van der Waals surface area (Å²) < 4.78 is 1.37. The molecule has 6 heteroatoms. The van der Waals surface area contributed by atoms with Gasteiger partial charge in [-0.25, -0.2) is 4.68 Å². The summed E-state index contributed by atoms with van der Waals surface area (Å²) in [5.74, 6) is -0.217. The second-order valence-electron chi connectivity index (χ2n) is 5.31. The van der Waals surface area contributed by atoms with E-state index in [-0.39, 0.29) is 22.9 Å². The van der Waals surface area contributed by atoms with Crippen molar-refractivity contribution < 1.29 is 4.79 Å². The van der Waals surface area contributed by atoms with E-state index in [0.29, 0.717) is 16.3 Å². The van der Waals surface area contributed by atoms with Crippen molar-refractivity contribution >= 4 is 23.2 Å². The van der Waals surface area contributed by atoms with Gasteiger partial charge in [-0.15, -0.1) is 0 Å². The summed E-state index contributed by atoms with van der Waals surface area (Å²) in [7, 11) is 0. The van der Waals surface area contributed by atoms with Crippen LogP contribution in [0.15, 0.2) is 48.5 Å². The molecule has 0 spiro atoms. The molecule has 0 amide bonds. The zero-order chi connectivity index (χ0) is 17.3. The highest BCUT2D eigenvalue weighted by molar-refractivity contribution is 6.30. The highest BCUT2D eigenvalue weighted by Gasteiger charge is 2.23. The van der Waals surface area contributed by atoms with Crippen LogP contribution in [0.2, 0.25) is 5.02 Å². The first kappa shape index (κ1) is 15.8. The monoisotopic (exact) mass is 336 g/mol. The lowest BCUT2D eigenvalue weighted by molar-refractivity contribution is 0.103. The molecule has 0 radical (unpaired) electrons. The van der Waals surface area contributed by atoms with Crippen molar-refractivity contribution in [2.45, 2.75) is 6.92 Å². The Morgan fingerprint density at radius 3 is 2.58 bits per heavy atom. The van der Waals surface area contributed by atoms with E-state index in [1.54, 1.807) is 42.5 Å². The smallest absolute Gasteiger partial charge is 0.214 e. The molecular weight excluding hydrogens is 324 g/mol. The van der Waals surface area contributed by atoms with Gasteiger partial charge in [0.05, 0.1) is 5.69 Å². The Hall–Kier alpha value is -3.10. The number of hydrogen-bond acceptors (Lipinski definition) is 4. The van der Waals surface area contributed by atoms with Gasteiger partial charge in [-0.2, -0.15) is 10.4 Å². The molecule has 118 valence electrons. The SMILES string of the molecule is Cc1cccc(C(=O)c2nn(-c3ccc(Cl)cc3)c(N)c2C#N)c1. The first-order valence-corrected chi connectivity index (χ1v) is 7.55. The van der Waals surface area contributed by atoms with Crippen LogP contribution < -0.4 is 5.73 Å². The van der Waals surface area contributed by atoms with Crippen LogP contribution in [-0.4, -0.2) is 15.6 Å². The standard InChI is InChI=1S/C18H13ClN4O/c1-11-3-2-4-12(9-11)17(24)16-15(10-20)18(21)23(22-16)14-7-5-13(19)6-8-14/h2-9H,21H2,1H3. The third-order valence-corrected chi connectivity index (χ3v) is 3.85. The van der Waals surface area contributed by atoms with Crippen LogP contribution in [0.25, 0.3) is 5.69 Å². The Kier molecular flexibility index (Phi) is 4.07. The molecule has 0 saturated heterocycles. The number of carbonyl (C=O) groups is 1. The second-order valence-corrected chi connectivity index (χ2v) is 5.74. The fourth-order valence-corrected chi connectivity index (χ4v) is 2.53. The van der Waals surface area contributed by atoms with E-state index in [9.17, 15) is 10.1 Å². The van der Waals surface area contributed by atoms with Crippen LogP contribution in [0, 0.1) is 18.3 Å². The number of hydrogen-bond donors (Lipinski definition) is 1. The molecule has 0 aliphatic carbocycles. The number of ketones is 1. The molecule has 5 nitrogen and oxygen atoms in total. The van der Waals surface area contributed by atoms with Crippen molar-refractivity contribution in [3.63, 3.8) is 0 Å². The molecular formula is C18H13ClN4O. The average Bonchev–Trinajstić information content (AvgIpc) is 2.91. The number of carbonyl (C=O) groups excluding carboxylic acids is 1. The molecule has 0 unspecified atom stereocenters. The summed E-state index contributed by atoms with van der Waals surface area (Å²) in [6.45, 7) is 1.89. The number of anilines is 1. The van der Waals surface area contributed by atoms with Gasteiger partial charge < -0.3 is 5.73 Å². The van der Waals surface area contributed by atoms with Crippen LogP contribution in [-0.2, 0) is 0 Å². The minimum atomic E-state index is -0.338. The number of nitrogens with two attached hydrogens (primary N) is 1. The normalized spacial score (nSPS) is 10.4. The van der Waals surface area contributed by atoms with E-state index in [0.717, 1.165) is 5.56 Å². The van der Waals surface area contributed by atoms with E-state index in [1.165, 1.54) is 4.68 Å². The van der Waals surface area contributed by atoms with Gasteiger partial charge in [-0.1, -0.05) is 35.4 Å². The van der Waals surface area contributed by atoms with E-state index in [2.05, 4.69) is 5.10 Å². The van der Waals surface area contributed by atoms with Gasteiger partial charge in [0.2, 0.25) is 5.78 Å². The number of nitriles is 1. The molecule has 2 N–H and O–H groups in total. The largest absolute Gasteiger partial charge is 0.382 e. The topological polar surface area (TPSA) is 84.7 Å². The number of nitrogen functional groups attached to an aromatic ring is 1. The number of aryl methyl sites for hydroxylation is 1. The minimum Gasteiger partial charge on any atom is -0.382 e. The quantitative estimate of drug-likeness (QED) is 0.741. The summed E-state index contributed by atoms with van der Waals surface area (Å²) in [5, 5.41) is 14.2. The zero-order valence-electron chi connectivity index (χ0n) is 12.8. The van der Waals surface area contributed by atoms with Crippen LogP contribution in [0.1, 0.15) is 27.2 Å². The Morgan fingerprint density at radius 1 is 1.25 bits per heavy atom. The van der Waals surface area contributed by atoms with Gasteiger partial charge in [-0.3, -0.25) is 4.79 Å². The van der Waals surface area contributed by atoms with Crippen molar-refractivity contribution in [1.29, 1.82) is 5.26 Å². The first-order chi connectivity index (χ1) is 11.5. The van der Waals surface area contributed by atoms with Crippen LogP contribution in [0.5, 0.6) is 0 Å². The fourth-order valence-electron chi connectivity index (χ4n) is 2.40. The van der Waals surface area contributed by atoms with Crippen LogP contribution in [0.3, 0.4) is 0 Å². The third kappa shape index (κ3) is 2.75. The highest BCUT2D eigenvalue weighted by atomic mass is 35.5. The molecule has 0 saturated carbocycles. The van der Waals surface area contributed by atoms with Crippen molar-refractivity contribution in [2.24, 2.45) is 0 Å². The Balaban J connectivity index is 2.12. The van der Waals surface area contributed by atoms with Crippen molar-refractivity contribution in [1.82, 2.24) is 9.78 Å². The van der Waals surface area contributed by atoms with Gasteiger partial charge in [0.1, 0.15) is 17.5 Å². The molecule has 0 atom stereocenters. The molecule has 1 aromatic heterocycles. The number of halogens is 1. The summed E-state index contributed by atoms with van der Waals surface area (Å²) >= 11 is 5.88. The predicted octanol–water partition coefficient (Wildman–Crippen LogP) is 3.52. The maximum atomic E-state index is 12.7. The Bertz CT molecular complexity index is 968. The van der Waals surface area contributed by atoms with Gasteiger partial charge in [0.25, 0.3) is 0 Å². The second kappa shape index (κ2) is 6.19. The summed E-state index contributed by atoms with van der Waals surface area (Å²) in [6.07, 6.45) is 0. The Labute approximate surface area is 143 Å². The summed E-state index contributed by atoms with van der Waals surface area (Å²) in [6, 6.07) is 15.9. The molecule has 0 aliphatic heterocycles. The molecule has 3 aromatic rings. The molecule has 24 heavy (non-hydrogen) atoms. The van der Waals surface area contributed by atoms with Gasteiger partial charge in [0.15, 0.2) is 5.69 Å². The fraction of sp³-hybridized carbons (Fsp3) is 0.0556. The molecule has 3 rings (SSSR count). The highest BCUT2D eigenvalue weighted by Crippen LogP contribution is 2.24. The number of benzene rings is 2. The van der Waals surface area contributed by atoms with Crippen LogP contribution >= 0.6 is 11.6 Å². The molecule has 0 fully saturated rings. The van der Waals surface area contributed by atoms with Gasteiger partial charge in [-0.05, 0) is 37.3 Å². The van der Waals surface area contributed by atoms with Crippen LogP contribution in [0.4, 0.5) is 5.82 Å².